The molecule has 1 aliphatic heterocycles. The lowest BCUT2D eigenvalue weighted by Crippen LogP contribution is -2.13. The molecule has 0 saturated carbocycles. The average Bonchev–Trinajstić information content (AvgIpc) is 3.07. The van der Waals surface area contributed by atoms with Gasteiger partial charge in [0, 0.05) is 27.5 Å². The van der Waals surface area contributed by atoms with Gasteiger partial charge in [-0.05, 0) is 25.1 Å². The number of hydrogen-bond acceptors (Lipinski definition) is 6. The molecule has 0 atom stereocenters. The number of carboxylic acids is 1. The molecule has 0 spiro atoms. The van der Waals surface area contributed by atoms with Crippen molar-refractivity contribution in [1.82, 2.24) is 14.8 Å². The molecular formula is C20H18ClN3O4S. The van der Waals surface area contributed by atoms with E-state index in [9.17, 15) is 9.90 Å². The highest BCUT2D eigenvalue weighted by Gasteiger charge is 2.20. The molecule has 7 nitrogen and oxygen atoms in total. The van der Waals surface area contributed by atoms with Crippen LogP contribution in [0.15, 0.2) is 41.6 Å². The SMILES string of the molecule is Cc1cccc(-c2nnc(SCc3cc(Cl)cc4c3OCOC4)n2CC(=O)O)c1. The Bertz CT molecular complexity index is 1070. The summed E-state index contributed by atoms with van der Waals surface area (Å²) in [4.78, 5) is 11.4. The first-order chi connectivity index (χ1) is 14.0. The number of rotatable bonds is 6. The standard InChI is InChI=1S/C20H18ClN3O4S/c1-12-3-2-4-13(5-12)19-22-23-20(24(19)8-17(25)26)29-10-15-7-16(21)6-14-9-27-11-28-18(14)15/h2-7H,8-11H2,1H3,(H,25,26). The van der Waals surface area contributed by atoms with Crippen LogP contribution in [0.25, 0.3) is 11.4 Å². The van der Waals surface area contributed by atoms with Gasteiger partial charge in [-0.1, -0.05) is 47.1 Å². The number of carboxylic acid groups (broad SMARTS) is 1. The molecule has 1 N–H and O–H groups in total. The zero-order chi connectivity index (χ0) is 20.4. The minimum atomic E-state index is -0.957. The molecule has 0 fully saturated rings. The Morgan fingerprint density at radius 1 is 1.31 bits per heavy atom. The third kappa shape index (κ3) is 4.39. The number of fused-ring (bicyclic) bond motifs is 1. The van der Waals surface area contributed by atoms with Crippen molar-refractivity contribution in [1.29, 1.82) is 0 Å². The van der Waals surface area contributed by atoms with E-state index in [0.29, 0.717) is 28.4 Å². The summed E-state index contributed by atoms with van der Waals surface area (Å²) < 4.78 is 12.6. The summed E-state index contributed by atoms with van der Waals surface area (Å²) in [6.45, 7) is 2.39. The number of aromatic nitrogens is 3. The molecule has 0 unspecified atom stereocenters. The number of nitrogens with zero attached hydrogens (tertiary/aromatic N) is 3. The first kappa shape index (κ1) is 19.8. The average molecular weight is 432 g/mol. The van der Waals surface area contributed by atoms with Crippen LogP contribution in [-0.2, 0) is 28.4 Å². The Morgan fingerprint density at radius 3 is 2.97 bits per heavy atom. The van der Waals surface area contributed by atoms with Crippen molar-refractivity contribution in [2.75, 3.05) is 6.79 Å². The van der Waals surface area contributed by atoms with Crippen LogP contribution in [0.4, 0.5) is 0 Å². The van der Waals surface area contributed by atoms with Gasteiger partial charge < -0.3 is 14.6 Å². The predicted octanol–water partition coefficient (Wildman–Crippen LogP) is 4.15. The van der Waals surface area contributed by atoms with Gasteiger partial charge in [-0.25, -0.2) is 0 Å². The number of benzene rings is 2. The molecule has 2 aromatic carbocycles. The molecule has 150 valence electrons. The van der Waals surface area contributed by atoms with E-state index in [1.807, 2.05) is 43.3 Å². The number of hydrogen-bond donors (Lipinski definition) is 1. The van der Waals surface area contributed by atoms with E-state index in [2.05, 4.69) is 10.2 Å². The van der Waals surface area contributed by atoms with Gasteiger partial charge in [-0.2, -0.15) is 0 Å². The lowest BCUT2D eigenvalue weighted by atomic mass is 10.1. The third-order valence-electron chi connectivity index (χ3n) is 4.39. The van der Waals surface area contributed by atoms with Gasteiger partial charge in [0.15, 0.2) is 17.8 Å². The minimum absolute atomic E-state index is 0.193. The molecular weight excluding hydrogens is 414 g/mol. The quantitative estimate of drug-likeness (QED) is 0.586. The fraction of sp³-hybridized carbons (Fsp3) is 0.250. The van der Waals surface area contributed by atoms with Crippen molar-refractivity contribution in [2.45, 2.75) is 31.0 Å². The third-order valence-corrected chi connectivity index (χ3v) is 5.63. The number of aryl methyl sites for hydroxylation is 1. The maximum atomic E-state index is 11.4. The van der Waals surface area contributed by atoms with Gasteiger partial charge in [0.05, 0.1) is 6.61 Å². The normalized spacial score (nSPS) is 13.0. The summed E-state index contributed by atoms with van der Waals surface area (Å²) in [6, 6.07) is 11.4. The molecule has 3 aromatic rings. The molecule has 4 rings (SSSR count). The van der Waals surface area contributed by atoms with Gasteiger partial charge in [0.2, 0.25) is 0 Å². The highest BCUT2D eigenvalue weighted by atomic mass is 35.5. The fourth-order valence-electron chi connectivity index (χ4n) is 3.18. The Balaban J connectivity index is 1.64. The number of thioether (sulfide) groups is 1. The Kier molecular flexibility index (Phi) is 5.75. The Labute approximate surface area is 176 Å². The predicted molar refractivity (Wildman–Crippen MR) is 109 cm³/mol. The molecule has 0 radical (unpaired) electrons. The molecule has 0 amide bonds. The summed E-state index contributed by atoms with van der Waals surface area (Å²) in [5.41, 5.74) is 3.69. The molecule has 2 heterocycles. The first-order valence-corrected chi connectivity index (χ1v) is 10.2. The van der Waals surface area contributed by atoms with E-state index in [1.54, 1.807) is 4.57 Å². The largest absolute Gasteiger partial charge is 0.480 e. The van der Waals surface area contributed by atoms with Crippen LogP contribution < -0.4 is 4.74 Å². The monoisotopic (exact) mass is 431 g/mol. The van der Waals surface area contributed by atoms with E-state index in [-0.39, 0.29) is 13.3 Å². The lowest BCUT2D eigenvalue weighted by Gasteiger charge is -2.21. The second-order valence-electron chi connectivity index (χ2n) is 6.61. The van der Waals surface area contributed by atoms with E-state index in [4.69, 9.17) is 21.1 Å². The molecule has 0 aliphatic carbocycles. The van der Waals surface area contributed by atoms with Gasteiger partial charge in [0.1, 0.15) is 12.3 Å². The van der Waals surface area contributed by atoms with Crippen molar-refractivity contribution >= 4 is 29.3 Å². The van der Waals surface area contributed by atoms with E-state index >= 15 is 0 Å². The van der Waals surface area contributed by atoms with Crippen molar-refractivity contribution < 1.29 is 19.4 Å². The summed E-state index contributed by atoms with van der Waals surface area (Å²) in [7, 11) is 0. The van der Waals surface area contributed by atoms with Gasteiger partial charge in [0.25, 0.3) is 0 Å². The first-order valence-electron chi connectivity index (χ1n) is 8.88. The molecule has 0 saturated heterocycles. The number of ether oxygens (including phenoxy) is 2. The highest BCUT2D eigenvalue weighted by Crippen LogP contribution is 2.36. The van der Waals surface area contributed by atoms with Crippen LogP contribution in [0.3, 0.4) is 0 Å². The van der Waals surface area contributed by atoms with Crippen molar-refractivity contribution in [3.8, 4) is 17.1 Å². The molecule has 29 heavy (non-hydrogen) atoms. The Morgan fingerprint density at radius 2 is 2.17 bits per heavy atom. The number of aliphatic carboxylic acids is 1. The summed E-state index contributed by atoms with van der Waals surface area (Å²) in [6.07, 6.45) is 0. The summed E-state index contributed by atoms with van der Waals surface area (Å²) in [5, 5.41) is 19.0. The van der Waals surface area contributed by atoms with Crippen LogP contribution in [-0.4, -0.2) is 32.6 Å². The summed E-state index contributed by atoms with van der Waals surface area (Å²) in [5.74, 6) is 0.836. The van der Waals surface area contributed by atoms with Crippen LogP contribution in [0, 0.1) is 6.92 Å². The van der Waals surface area contributed by atoms with Crippen molar-refractivity contribution in [3.05, 3.63) is 58.1 Å². The van der Waals surface area contributed by atoms with Crippen LogP contribution in [0.1, 0.15) is 16.7 Å². The van der Waals surface area contributed by atoms with Crippen molar-refractivity contribution in [3.63, 3.8) is 0 Å². The van der Waals surface area contributed by atoms with Crippen LogP contribution >= 0.6 is 23.4 Å². The van der Waals surface area contributed by atoms with Gasteiger partial charge in [-0.3, -0.25) is 9.36 Å². The lowest BCUT2D eigenvalue weighted by molar-refractivity contribution is -0.137. The summed E-state index contributed by atoms with van der Waals surface area (Å²) >= 11 is 7.62. The second-order valence-corrected chi connectivity index (χ2v) is 7.99. The van der Waals surface area contributed by atoms with Crippen molar-refractivity contribution in [2.24, 2.45) is 0 Å². The van der Waals surface area contributed by atoms with E-state index in [1.165, 1.54) is 11.8 Å². The zero-order valence-corrected chi connectivity index (χ0v) is 17.2. The van der Waals surface area contributed by atoms with Gasteiger partial charge in [-0.15, -0.1) is 10.2 Å². The van der Waals surface area contributed by atoms with Gasteiger partial charge >= 0.3 is 5.97 Å². The zero-order valence-electron chi connectivity index (χ0n) is 15.6. The van der Waals surface area contributed by atoms with E-state index < -0.39 is 5.97 Å². The smallest absolute Gasteiger partial charge is 0.323 e. The highest BCUT2D eigenvalue weighted by molar-refractivity contribution is 7.98. The number of halogens is 1. The second kappa shape index (κ2) is 8.44. The molecule has 0 bridgehead atoms. The van der Waals surface area contributed by atoms with Crippen LogP contribution in [0.5, 0.6) is 5.75 Å². The Hall–Kier alpha value is -2.55. The fourth-order valence-corrected chi connectivity index (χ4v) is 4.35. The molecule has 9 heteroatoms. The minimum Gasteiger partial charge on any atom is -0.480 e. The molecule has 1 aliphatic rings. The number of carbonyl (C=O) groups is 1. The van der Waals surface area contributed by atoms with E-state index in [0.717, 1.165) is 28.0 Å². The molecule has 1 aromatic heterocycles. The topological polar surface area (TPSA) is 86.5 Å². The maximum Gasteiger partial charge on any atom is 0.323 e. The maximum absolute atomic E-state index is 11.4. The van der Waals surface area contributed by atoms with Crippen LogP contribution in [0.2, 0.25) is 5.02 Å².